The van der Waals surface area contributed by atoms with Crippen molar-refractivity contribution in [1.82, 2.24) is 5.32 Å². The van der Waals surface area contributed by atoms with Crippen molar-refractivity contribution in [3.05, 3.63) is 65.2 Å². The molecule has 1 atom stereocenters. The lowest BCUT2D eigenvalue weighted by Crippen LogP contribution is -2.31. The SMILES string of the molecule is OC(CNCc1ccccc1Cl)COc1ccccc1. The van der Waals surface area contributed by atoms with Gasteiger partial charge >= 0.3 is 0 Å². The standard InChI is InChI=1S/C16H18ClNO2/c17-16-9-5-4-6-13(16)10-18-11-14(19)12-20-15-7-2-1-3-8-15/h1-9,14,18-19H,10-12H2. The molecule has 106 valence electrons. The van der Waals surface area contributed by atoms with Gasteiger partial charge < -0.3 is 15.2 Å². The monoisotopic (exact) mass is 291 g/mol. The molecule has 20 heavy (non-hydrogen) atoms. The van der Waals surface area contributed by atoms with Crippen LogP contribution in [-0.4, -0.2) is 24.4 Å². The van der Waals surface area contributed by atoms with Crippen LogP contribution in [0, 0.1) is 0 Å². The van der Waals surface area contributed by atoms with Gasteiger partial charge in [-0.2, -0.15) is 0 Å². The predicted octanol–water partition coefficient (Wildman–Crippen LogP) is 2.87. The first kappa shape index (κ1) is 14.9. The number of halogens is 1. The Hall–Kier alpha value is -1.55. The van der Waals surface area contributed by atoms with Crippen molar-refractivity contribution in [2.75, 3.05) is 13.2 Å². The molecule has 0 bridgehead atoms. The molecule has 2 aromatic rings. The minimum Gasteiger partial charge on any atom is -0.491 e. The Bertz CT molecular complexity index is 519. The van der Waals surface area contributed by atoms with Crippen molar-refractivity contribution in [1.29, 1.82) is 0 Å². The highest BCUT2D eigenvalue weighted by Gasteiger charge is 2.05. The average molecular weight is 292 g/mol. The van der Waals surface area contributed by atoms with Gasteiger partial charge in [-0.25, -0.2) is 0 Å². The maximum Gasteiger partial charge on any atom is 0.119 e. The van der Waals surface area contributed by atoms with Crippen molar-refractivity contribution in [3.8, 4) is 5.75 Å². The van der Waals surface area contributed by atoms with Crippen LogP contribution in [0.15, 0.2) is 54.6 Å². The second-order valence-corrected chi connectivity index (χ2v) is 4.91. The summed E-state index contributed by atoms with van der Waals surface area (Å²) in [7, 11) is 0. The molecule has 0 heterocycles. The smallest absolute Gasteiger partial charge is 0.119 e. The first-order valence-electron chi connectivity index (χ1n) is 6.56. The van der Waals surface area contributed by atoms with E-state index in [1.165, 1.54) is 0 Å². The number of hydrogen-bond donors (Lipinski definition) is 2. The fourth-order valence-corrected chi connectivity index (χ4v) is 1.99. The van der Waals surface area contributed by atoms with Gasteiger partial charge in [0.25, 0.3) is 0 Å². The summed E-state index contributed by atoms with van der Waals surface area (Å²) in [5.41, 5.74) is 1.02. The third-order valence-corrected chi connectivity index (χ3v) is 3.21. The van der Waals surface area contributed by atoms with Crippen LogP contribution in [0.1, 0.15) is 5.56 Å². The van der Waals surface area contributed by atoms with E-state index in [9.17, 15) is 5.11 Å². The number of aliphatic hydroxyl groups is 1. The molecule has 0 aliphatic carbocycles. The number of aliphatic hydroxyl groups excluding tert-OH is 1. The Kier molecular flexibility index (Phi) is 5.87. The quantitative estimate of drug-likeness (QED) is 0.824. The fraction of sp³-hybridized carbons (Fsp3) is 0.250. The molecule has 0 aliphatic rings. The minimum atomic E-state index is -0.558. The number of nitrogens with one attached hydrogen (secondary N) is 1. The van der Waals surface area contributed by atoms with Crippen molar-refractivity contribution >= 4 is 11.6 Å². The summed E-state index contributed by atoms with van der Waals surface area (Å²) < 4.78 is 5.48. The van der Waals surface area contributed by atoms with Crippen molar-refractivity contribution in [3.63, 3.8) is 0 Å². The number of ether oxygens (including phenoxy) is 1. The van der Waals surface area contributed by atoms with E-state index >= 15 is 0 Å². The van der Waals surface area contributed by atoms with Gasteiger partial charge in [0.2, 0.25) is 0 Å². The van der Waals surface area contributed by atoms with Crippen LogP contribution < -0.4 is 10.1 Å². The summed E-state index contributed by atoms with van der Waals surface area (Å²) in [6.45, 7) is 1.35. The highest BCUT2D eigenvalue weighted by Crippen LogP contribution is 2.14. The number of benzene rings is 2. The van der Waals surface area contributed by atoms with Gasteiger partial charge in [0, 0.05) is 18.1 Å². The van der Waals surface area contributed by atoms with Crippen LogP contribution in [0.5, 0.6) is 5.75 Å². The molecule has 0 amide bonds. The van der Waals surface area contributed by atoms with Gasteiger partial charge in [0.1, 0.15) is 18.5 Å². The van der Waals surface area contributed by atoms with E-state index in [0.29, 0.717) is 13.1 Å². The molecule has 0 aliphatic heterocycles. The summed E-state index contributed by atoms with van der Waals surface area (Å²) in [6, 6.07) is 17.1. The summed E-state index contributed by atoms with van der Waals surface area (Å²) in [5, 5.41) is 13.7. The van der Waals surface area contributed by atoms with Gasteiger partial charge in [0.15, 0.2) is 0 Å². The molecule has 1 unspecified atom stereocenters. The first-order valence-corrected chi connectivity index (χ1v) is 6.93. The highest BCUT2D eigenvalue weighted by molar-refractivity contribution is 6.31. The summed E-state index contributed by atoms with van der Waals surface area (Å²) in [4.78, 5) is 0. The van der Waals surface area contributed by atoms with E-state index in [1.54, 1.807) is 0 Å². The minimum absolute atomic E-state index is 0.263. The van der Waals surface area contributed by atoms with Crippen molar-refractivity contribution in [2.24, 2.45) is 0 Å². The lowest BCUT2D eigenvalue weighted by Gasteiger charge is -2.13. The summed E-state index contributed by atoms with van der Waals surface area (Å²) >= 11 is 6.05. The zero-order chi connectivity index (χ0) is 14.2. The second-order valence-electron chi connectivity index (χ2n) is 4.50. The molecule has 0 radical (unpaired) electrons. The van der Waals surface area contributed by atoms with E-state index < -0.39 is 6.10 Å². The normalized spacial score (nSPS) is 12.1. The van der Waals surface area contributed by atoms with E-state index in [-0.39, 0.29) is 6.61 Å². The average Bonchev–Trinajstić information content (AvgIpc) is 2.48. The maximum atomic E-state index is 9.84. The molecule has 0 aromatic heterocycles. The van der Waals surface area contributed by atoms with E-state index in [0.717, 1.165) is 16.3 Å². The van der Waals surface area contributed by atoms with Gasteiger partial charge in [-0.3, -0.25) is 0 Å². The summed E-state index contributed by atoms with van der Waals surface area (Å²) in [5.74, 6) is 0.762. The molecule has 4 heteroatoms. The topological polar surface area (TPSA) is 41.5 Å². The number of hydrogen-bond acceptors (Lipinski definition) is 3. The van der Waals surface area contributed by atoms with E-state index in [1.807, 2.05) is 54.6 Å². The van der Waals surface area contributed by atoms with E-state index in [4.69, 9.17) is 16.3 Å². The van der Waals surface area contributed by atoms with Crippen molar-refractivity contribution < 1.29 is 9.84 Å². The largest absolute Gasteiger partial charge is 0.491 e. The van der Waals surface area contributed by atoms with Crippen LogP contribution in [-0.2, 0) is 6.54 Å². The summed E-state index contributed by atoms with van der Waals surface area (Å²) in [6.07, 6.45) is -0.558. The molecular weight excluding hydrogens is 274 g/mol. The van der Waals surface area contributed by atoms with Crippen LogP contribution in [0.3, 0.4) is 0 Å². The maximum absolute atomic E-state index is 9.84. The van der Waals surface area contributed by atoms with Gasteiger partial charge in [-0.15, -0.1) is 0 Å². The van der Waals surface area contributed by atoms with Crippen LogP contribution in [0.4, 0.5) is 0 Å². The zero-order valence-electron chi connectivity index (χ0n) is 11.1. The van der Waals surface area contributed by atoms with Crippen LogP contribution in [0.2, 0.25) is 5.02 Å². The molecule has 2 rings (SSSR count). The molecule has 3 nitrogen and oxygen atoms in total. The molecule has 0 spiro atoms. The molecule has 0 saturated heterocycles. The Balaban J connectivity index is 1.68. The lowest BCUT2D eigenvalue weighted by molar-refractivity contribution is 0.106. The fourth-order valence-electron chi connectivity index (χ4n) is 1.78. The highest BCUT2D eigenvalue weighted by atomic mass is 35.5. The van der Waals surface area contributed by atoms with Gasteiger partial charge in [-0.1, -0.05) is 48.0 Å². The van der Waals surface area contributed by atoms with Crippen molar-refractivity contribution in [2.45, 2.75) is 12.6 Å². The Labute approximate surface area is 124 Å². The van der Waals surface area contributed by atoms with Crippen LogP contribution >= 0.6 is 11.6 Å². The molecular formula is C16H18ClNO2. The number of rotatable bonds is 7. The Morgan fingerprint density at radius 3 is 2.50 bits per heavy atom. The second kappa shape index (κ2) is 7.90. The zero-order valence-corrected chi connectivity index (χ0v) is 11.9. The van der Waals surface area contributed by atoms with Crippen LogP contribution in [0.25, 0.3) is 0 Å². The molecule has 0 fully saturated rings. The Morgan fingerprint density at radius 1 is 1.05 bits per heavy atom. The lowest BCUT2D eigenvalue weighted by atomic mass is 10.2. The predicted molar refractivity (Wildman–Crippen MR) is 81.1 cm³/mol. The molecule has 2 N–H and O–H groups in total. The third kappa shape index (κ3) is 4.85. The van der Waals surface area contributed by atoms with Gasteiger partial charge in [-0.05, 0) is 23.8 Å². The third-order valence-electron chi connectivity index (χ3n) is 2.84. The molecule has 2 aromatic carbocycles. The molecule has 0 saturated carbocycles. The van der Waals surface area contributed by atoms with E-state index in [2.05, 4.69) is 5.32 Å². The Morgan fingerprint density at radius 2 is 1.75 bits per heavy atom. The first-order chi connectivity index (χ1) is 9.75. The van der Waals surface area contributed by atoms with Gasteiger partial charge in [0.05, 0.1) is 0 Å². The number of para-hydroxylation sites is 1.